The number of hydrogen-bond acceptors (Lipinski definition) is 4. The summed E-state index contributed by atoms with van der Waals surface area (Å²) >= 11 is 0. The van der Waals surface area contributed by atoms with Gasteiger partial charge in [0.15, 0.2) is 0 Å². The highest BCUT2D eigenvalue weighted by atomic mass is 16.5. The fourth-order valence-electron chi connectivity index (χ4n) is 4.53. The quantitative estimate of drug-likeness (QED) is 0.690. The maximum absolute atomic E-state index is 9.01. The number of nitrogens with zero attached hydrogens (tertiary/aromatic N) is 4. The molecule has 0 saturated carbocycles. The van der Waals surface area contributed by atoms with Crippen LogP contribution < -0.4 is 0 Å². The number of fused-ring (bicyclic) bond motifs is 3. The Morgan fingerprint density at radius 2 is 1.75 bits per heavy atom. The number of benzene rings is 2. The van der Waals surface area contributed by atoms with Gasteiger partial charge in [0.2, 0.25) is 0 Å². The van der Waals surface area contributed by atoms with Crippen molar-refractivity contribution < 1.29 is 4.74 Å². The maximum atomic E-state index is 9.01. The van der Waals surface area contributed by atoms with Crippen molar-refractivity contribution in [1.82, 2.24) is 14.5 Å². The molecule has 5 nitrogen and oxygen atoms in total. The van der Waals surface area contributed by atoms with Crippen LogP contribution in [0.2, 0.25) is 0 Å². The first-order chi connectivity index (χ1) is 13.8. The lowest BCUT2D eigenvalue weighted by Crippen LogP contribution is -2.41. The molecule has 0 amide bonds. The van der Waals surface area contributed by atoms with Crippen LogP contribution in [-0.4, -0.2) is 46.8 Å². The van der Waals surface area contributed by atoms with Gasteiger partial charge in [0.05, 0.1) is 22.7 Å². The van der Waals surface area contributed by atoms with Gasteiger partial charge in [0.25, 0.3) is 0 Å². The van der Waals surface area contributed by atoms with Gasteiger partial charge >= 0.3 is 0 Å². The number of imidazole rings is 1. The summed E-state index contributed by atoms with van der Waals surface area (Å²) in [7, 11) is 0. The predicted molar refractivity (Wildman–Crippen MR) is 109 cm³/mol. The van der Waals surface area contributed by atoms with Crippen LogP contribution >= 0.6 is 0 Å². The second-order valence-electron chi connectivity index (χ2n) is 7.70. The second kappa shape index (κ2) is 7.38. The van der Waals surface area contributed by atoms with Gasteiger partial charge in [-0.15, -0.1) is 0 Å². The molecule has 142 valence electrons. The minimum Gasteiger partial charge on any atom is -0.381 e. The molecular weight excluding hydrogens is 348 g/mol. The van der Waals surface area contributed by atoms with Crippen LogP contribution in [0.25, 0.3) is 22.2 Å². The molecule has 5 rings (SSSR count). The first-order valence-corrected chi connectivity index (χ1v) is 10.1. The number of rotatable bonds is 2. The van der Waals surface area contributed by atoms with Crippen LogP contribution in [0.5, 0.6) is 0 Å². The summed E-state index contributed by atoms with van der Waals surface area (Å²) in [5, 5.41) is 9.01. The molecule has 0 N–H and O–H groups in total. The number of ether oxygens (including phenoxy) is 1. The summed E-state index contributed by atoms with van der Waals surface area (Å²) < 4.78 is 7.94. The van der Waals surface area contributed by atoms with E-state index in [9.17, 15) is 0 Å². The zero-order valence-electron chi connectivity index (χ0n) is 16.0. The lowest BCUT2D eigenvalue weighted by Gasteiger charge is -2.33. The van der Waals surface area contributed by atoms with E-state index in [1.54, 1.807) is 0 Å². The average molecular weight is 372 g/mol. The first-order valence-electron chi connectivity index (χ1n) is 10.1. The van der Waals surface area contributed by atoms with Gasteiger partial charge in [-0.25, -0.2) is 4.98 Å². The molecule has 2 aromatic carbocycles. The van der Waals surface area contributed by atoms with Gasteiger partial charge in [-0.3, -0.25) is 4.90 Å². The monoisotopic (exact) mass is 372 g/mol. The fourth-order valence-corrected chi connectivity index (χ4v) is 4.53. The highest BCUT2D eigenvalue weighted by Gasteiger charge is 2.25. The Kier molecular flexibility index (Phi) is 4.59. The molecule has 1 aromatic heterocycles. The van der Waals surface area contributed by atoms with Gasteiger partial charge in [-0.05, 0) is 48.2 Å². The topological polar surface area (TPSA) is 54.1 Å². The van der Waals surface area contributed by atoms with Crippen molar-refractivity contribution in [3.63, 3.8) is 0 Å². The molecule has 1 fully saturated rings. The molecule has 3 heterocycles. The van der Waals surface area contributed by atoms with Crippen LogP contribution in [0.4, 0.5) is 0 Å². The number of aromatic nitrogens is 2. The van der Waals surface area contributed by atoms with E-state index < -0.39 is 0 Å². The summed E-state index contributed by atoms with van der Waals surface area (Å²) in [6.07, 6.45) is 3.29. The van der Waals surface area contributed by atoms with Crippen LogP contribution in [0.3, 0.4) is 0 Å². The Balaban J connectivity index is 1.43. The largest absolute Gasteiger partial charge is 0.381 e. The van der Waals surface area contributed by atoms with E-state index in [-0.39, 0.29) is 0 Å². The highest BCUT2D eigenvalue weighted by Crippen LogP contribution is 2.27. The zero-order valence-corrected chi connectivity index (χ0v) is 16.0. The van der Waals surface area contributed by atoms with E-state index in [0.717, 1.165) is 63.2 Å². The van der Waals surface area contributed by atoms with Crippen LogP contribution in [0, 0.1) is 11.3 Å². The van der Waals surface area contributed by atoms with Crippen LogP contribution in [0.15, 0.2) is 42.5 Å². The van der Waals surface area contributed by atoms with E-state index >= 15 is 0 Å². The Morgan fingerprint density at radius 3 is 2.54 bits per heavy atom. The molecule has 2 aliphatic rings. The van der Waals surface area contributed by atoms with E-state index in [2.05, 4.69) is 33.7 Å². The SMILES string of the molecule is N#Cc1ccc(-c2ccc3nc4n(c3c2)CCN(C2CCOCC2)CC4)cc1. The van der Waals surface area contributed by atoms with Crippen molar-refractivity contribution >= 4 is 11.0 Å². The third-order valence-electron chi connectivity index (χ3n) is 6.12. The summed E-state index contributed by atoms with van der Waals surface area (Å²) in [6.45, 7) is 4.92. The van der Waals surface area contributed by atoms with Crippen molar-refractivity contribution in [3.05, 3.63) is 53.9 Å². The van der Waals surface area contributed by atoms with Crippen molar-refractivity contribution in [3.8, 4) is 17.2 Å². The Morgan fingerprint density at radius 1 is 0.964 bits per heavy atom. The molecule has 0 spiro atoms. The summed E-state index contributed by atoms with van der Waals surface area (Å²) in [5.74, 6) is 1.20. The van der Waals surface area contributed by atoms with Gasteiger partial charge in [-0.2, -0.15) is 5.26 Å². The summed E-state index contributed by atoms with van der Waals surface area (Å²) in [6, 6.07) is 17.1. The lowest BCUT2D eigenvalue weighted by molar-refractivity contribution is 0.0348. The van der Waals surface area contributed by atoms with Gasteiger partial charge in [0, 0.05) is 45.3 Å². The fraction of sp³-hybridized carbons (Fsp3) is 0.391. The van der Waals surface area contributed by atoms with Gasteiger partial charge in [-0.1, -0.05) is 18.2 Å². The highest BCUT2D eigenvalue weighted by molar-refractivity contribution is 5.83. The van der Waals surface area contributed by atoms with E-state index in [4.69, 9.17) is 15.0 Å². The smallest absolute Gasteiger partial charge is 0.111 e. The minimum atomic E-state index is 0.652. The molecule has 2 aliphatic heterocycles. The third-order valence-corrected chi connectivity index (χ3v) is 6.12. The van der Waals surface area contributed by atoms with Crippen molar-refractivity contribution in [2.75, 3.05) is 26.3 Å². The van der Waals surface area contributed by atoms with Crippen LogP contribution in [-0.2, 0) is 17.7 Å². The number of hydrogen-bond donors (Lipinski definition) is 0. The van der Waals surface area contributed by atoms with Gasteiger partial charge < -0.3 is 9.30 Å². The maximum Gasteiger partial charge on any atom is 0.111 e. The Hall–Kier alpha value is -2.68. The van der Waals surface area contributed by atoms with E-state index in [1.807, 2.05) is 24.3 Å². The molecule has 0 radical (unpaired) electrons. The number of nitriles is 1. The molecule has 0 bridgehead atoms. The molecule has 0 aliphatic carbocycles. The Labute approximate surface area is 165 Å². The molecule has 0 atom stereocenters. The normalized spacial score (nSPS) is 18.5. The molecule has 5 heteroatoms. The molecule has 28 heavy (non-hydrogen) atoms. The lowest BCUT2D eigenvalue weighted by atomic mass is 10.0. The van der Waals surface area contributed by atoms with Crippen molar-refractivity contribution in [1.29, 1.82) is 5.26 Å². The standard InChI is InChI=1S/C23H24N4O/c24-16-17-1-3-18(4-2-17)19-5-6-21-22(15-19)27-12-11-26(10-7-23(27)25-21)20-8-13-28-14-9-20/h1-6,15,20H,7-14H2. The second-order valence-corrected chi connectivity index (χ2v) is 7.70. The first kappa shape index (κ1) is 17.4. The minimum absolute atomic E-state index is 0.652. The molecular formula is C23H24N4O. The summed E-state index contributed by atoms with van der Waals surface area (Å²) in [4.78, 5) is 7.56. The molecule has 3 aromatic rings. The predicted octanol–water partition coefficient (Wildman–Crippen LogP) is 3.61. The van der Waals surface area contributed by atoms with E-state index in [0.29, 0.717) is 11.6 Å². The molecule has 1 saturated heterocycles. The van der Waals surface area contributed by atoms with E-state index in [1.165, 1.54) is 16.9 Å². The van der Waals surface area contributed by atoms with Gasteiger partial charge in [0.1, 0.15) is 5.82 Å². The summed E-state index contributed by atoms with van der Waals surface area (Å²) in [5.41, 5.74) is 5.29. The zero-order chi connectivity index (χ0) is 18.9. The third kappa shape index (κ3) is 3.19. The Bertz CT molecular complexity index is 1030. The average Bonchev–Trinajstić information content (AvgIpc) is 2.97. The van der Waals surface area contributed by atoms with Crippen LogP contribution in [0.1, 0.15) is 24.2 Å². The van der Waals surface area contributed by atoms with Crippen molar-refractivity contribution in [2.45, 2.75) is 31.8 Å². The van der Waals surface area contributed by atoms with Crippen molar-refractivity contribution in [2.24, 2.45) is 0 Å². The molecule has 0 unspecified atom stereocenters.